The molecule has 0 aliphatic heterocycles. The molecular formula is C11H18N2OS. The van der Waals surface area contributed by atoms with E-state index in [0.717, 1.165) is 17.0 Å². The van der Waals surface area contributed by atoms with Gasteiger partial charge in [0.25, 0.3) is 0 Å². The van der Waals surface area contributed by atoms with Crippen LogP contribution in [-0.4, -0.2) is 21.9 Å². The Morgan fingerprint density at radius 1 is 1.47 bits per heavy atom. The lowest BCUT2D eigenvalue weighted by molar-refractivity contribution is 0.289. The number of nitrogens with zero attached hydrogens (tertiary/aromatic N) is 1. The summed E-state index contributed by atoms with van der Waals surface area (Å²) in [5.74, 6) is 0. The predicted molar refractivity (Wildman–Crippen MR) is 63.9 cm³/mol. The van der Waals surface area contributed by atoms with E-state index in [2.05, 4.69) is 11.9 Å². The molecule has 1 unspecified atom stereocenters. The Hall–Kier alpha value is -0.580. The number of hydrogen-bond donors (Lipinski definition) is 2. The molecular weight excluding hydrogens is 208 g/mol. The third-order valence-electron chi connectivity index (χ3n) is 2.14. The molecule has 0 spiro atoms. The molecule has 0 fully saturated rings. The van der Waals surface area contributed by atoms with E-state index in [-0.39, 0.29) is 12.6 Å². The number of thioether (sulfide) groups is 1. The lowest BCUT2D eigenvalue weighted by atomic mass is 10.2. The number of pyridine rings is 1. The third-order valence-corrected chi connectivity index (χ3v) is 3.26. The monoisotopic (exact) mass is 226 g/mol. The van der Waals surface area contributed by atoms with Gasteiger partial charge in [-0.05, 0) is 25.0 Å². The number of aliphatic hydroxyl groups is 1. The molecule has 0 saturated carbocycles. The topological polar surface area (TPSA) is 59.1 Å². The maximum atomic E-state index is 8.78. The van der Waals surface area contributed by atoms with Crippen LogP contribution in [0.15, 0.2) is 23.4 Å². The Kier molecular flexibility index (Phi) is 5.08. The Morgan fingerprint density at radius 3 is 2.67 bits per heavy atom. The van der Waals surface area contributed by atoms with Crippen molar-refractivity contribution in [3.8, 4) is 0 Å². The third kappa shape index (κ3) is 4.20. The highest BCUT2D eigenvalue weighted by atomic mass is 32.2. The number of aromatic nitrogens is 1. The minimum atomic E-state index is 0.0337. The van der Waals surface area contributed by atoms with Crippen molar-refractivity contribution in [2.45, 2.75) is 36.6 Å². The maximum absolute atomic E-state index is 8.78. The van der Waals surface area contributed by atoms with Gasteiger partial charge >= 0.3 is 0 Å². The average Bonchev–Trinajstić information content (AvgIpc) is 2.18. The van der Waals surface area contributed by atoms with Crippen LogP contribution in [0.2, 0.25) is 0 Å². The van der Waals surface area contributed by atoms with E-state index in [9.17, 15) is 0 Å². The highest BCUT2D eigenvalue weighted by Crippen LogP contribution is 2.23. The fourth-order valence-corrected chi connectivity index (χ4v) is 2.07. The van der Waals surface area contributed by atoms with Crippen LogP contribution in [-0.2, 0) is 0 Å². The molecule has 3 nitrogen and oxygen atoms in total. The average molecular weight is 226 g/mol. The van der Waals surface area contributed by atoms with E-state index >= 15 is 0 Å². The summed E-state index contributed by atoms with van der Waals surface area (Å²) in [5.41, 5.74) is 6.78. The second kappa shape index (κ2) is 6.10. The summed E-state index contributed by atoms with van der Waals surface area (Å²) >= 11 is 1.68. The smallest absolute Gasteiger partial charge is 0.0962 e. The second-order valence-electron chi connectivity index (χ2n) is 3.66. The van der Waals surface area contributed by atoms with E-state index in [4.69, 9.17) is 10.8 Å². The van der Waals surface area contributed by atoms with Crippen molar-refractivity contribution in [2.24, 2.45) is 5.73 Å². The number of hydrogen-bond acceptors (Lipinski definition) is 4. The maximum Gasteiger partial charge on any atom is 0.0962 e. The summed E-state index contributed by atoms with van der Waals surface area (Å²) in [5, 5.41) is 10.2. The minimum absolute atomic E-state index is 0.0337. The van der Waals surface area contributed by atoms with Crippen molar-refractivity contribution < 1.29 is 5.11 Å². The van der Waals surface area contributed by atoms with Gasteiger partial charge in [-0.3, -0.25) is 0 Å². The Bertz CT molecular complexity index is 287. The lowest BCUT2D eigenvalue weighted by Gasteiger charge is -2.09. The van der Waals surface area contributed by atoms with Gasteiger partial charge in [0.1, 0.15) is 0 Å². The van der Waals surface area contributed by atoms with E-state index in [1.807, 2.05) is 25.3 Å². The summed E-state index contributed by atoms with van der Waals surface area (Å²) in [4.78, 5) is 4.32. The van der Waals surface area contributed by atoms with Crippen LogP contribution in [0.4, 0.5) is 0 Å². The van der Waals surface area contributed by atoms with Crippen LogP contribution in [0.5, 0.6) is 0 Å². The SMILES string of the molecule is CC(CCO)Sc1ccc([C@H](C)N)cn1. The molecule has 0 aromatic carbocycles. The number of rotatable bonds is 5. The van der Waals surface area contributed by atoms with Crippen molar-refractivity contribution in [1.29, 1.82) is 0 Å². The van der Waals surface area contributed by atoms with Gasteiger partial charge in [-0.2, -0.15) is 0 Å². The van der Waals surface area contributed by atoms with Gasteiger partial charge in [-0.1, -0.05) is 13.0 Å². The van der Waals surface area contributed by atoms with Crippen LogP contribution >= 0.6 is 11.8 Å². The van der Waals surface area contributed by atoms with Gasteiger partial charge in [-0.25, -0.2) is 4.98 Å². The first kappa shape index (κ1) is 12.5. The zero-order chi connectivity index (χ0) is 11.3. The Balaban J connectivity index is 2.56. The molecule has 0 aliphatic rings. The van der Waals surface area contributed by atoms with Crippen molar-refractivity contribution in [2.75, 3.05) is 6.61 Å². The van der Waals surface area contributed by atoms with E-state index in [1.54, 1.807) is 11.8 Å². The zero-order valence-corrected chi connectivity index (χ0v) is 10.00. The first-order valence-corrected chi connectivity index (χ1v) is 6.00. The Labute approximate surface area is 95.1 Å². The van der Waals surface area contributed by atoms with Crippen molar-refractivity contribution in [3.05, 3.63) is 23.9 Å². The standard InChI is InChI=1S/C11H18N2OS/c1-8(5-6-14)15-11-4-3-10(7-13-11)9(2)12/h3-4,7-9,14H,5-6,12H2,1-2H3/t8?,9-/m0/s1. The van der Waals surface area contributed by atoms with Crippen LogP contribution in [0.25, 0.3) is 0 Å². The van der Waals surface area contributed by atoms with Gasteiger partial charge in [0.05, 0.1) is 5.03 Å². The first-order chi connectivity index (χ1) is 7.13. The summed E-state index contributed by atoms with van der Waals surface area (Å²) in [6, 6.07) is 4.02. The molecule has 84 valence electrons. The van der Waals surface area contributed by atoms with E-state index < -0.39 is 0 Å². The summed E-state index contributed by atoms with van der Waals surface area (Å²) in [7, 11) is 0. The predicted octanol–water partition coefficient (Wildman–Crippen LogP) is 1.96. The van der Waals surface area contributed by atoms with Gasteiger partial charge in [0.15, 0.2) is 0 Å². The highest BCUT2D eigenvalue weighted by molar-refractivity contribution is 7.99. The minimum Gasteiger partial charge on any atom is -0.396 e. The summed E-state index contributed by atoms with van der Waals surface area (Å²) in [6.45, 7) is 4.26. The Morgan fingerprint density at radius 2 is 2.20 bits per heavy atom. The first-order valence-electron chi connectivity index (χ1n) is 5.12. The molecule has 1 aromatic heterocycles. The molecule has 4 heteroatoms. The number of aliphatic hydroxyl groups excluding tert-OH is 1. The van der Waals surface area contributed by atoms with Crippen LogP contribution in [0.1, 0.15) is 31.9 Å². The molecule has 0 amide bonds. The molecule has 0 bridgehead atoms. The molecule has 0 radical (unpaired) electrons. The lowest BCUT2D eigenvalue weighted by Crippen LogP contribution is -2.05. The molecule has 15 heavy (non-hydrogen) atoms. The van der Waals surface area contributed by atoms with E-state index in [1.165, 1.54) is 0 Å². The van der Waals surface area contributed by atoms with Gasteiger partial charge < -0.3 is 10.8 Å². The van der Waals surface area contributed by atoms with Crippen LogP contribution in [0.3, 0.4) is 0 Å². The number of nitrogens with two attached hydrogens (primary N) is 1. The van der Waals surface area contributed by atoms with Gasteiger partial charge in [0.2, 0.25) is 0 Å². The molecule has 2 atom stereocenters. The van der Waals surface area contributed by atoms with Crippen molar-refractivity contribution >= 4 is 11.8 Å². The van der Waals surface area contributed by atoms with Crippen LogP contribution in [0, 0.1) is 0 Å². The molecule has 0 saturated heterocycles. The fraction of sp³-hybridized carbons (Fsp3) is 0.545. The summed E-state index contributed by atoms with van der Waals surface area (Å²) < 4.78 is 0. The zero-order valence-electron chi connectivity index (χ0n) is 9.18. The fourth-order valence-electron chi connectivity index (χ4n) is 1.18. The normalized spacial score (nSPS) is 14.9. The molecule has 3 N–H and O–H groups in total. The largest absolute Gasteiger partial charge is 0.396 e. The molecule has 1 aromatic rings. The quantitative estimate of drug-likeness (QED) is 0.754. The van der Waals surface area contributed by atoms with Gasteiger partial charge in [0, 0.05) is 24.1 Å². The van der Waals surface area contributed by atoms with E-state index in [0.29, 0.717) is 5.25 Å². The summed E-state index contributed by atoms with van der Waals surface area (Å²) in [6.07, 6.45) is 2.61. The van der Waals surface area contributed by atoms with Crippen LogP contribution < -0.4 is 5.73 Å². The van der Waals surface area contributed by atoms with Crippen molar-refractivity contribution in [3.63, 3.8) is 0 Å². The van der Waals surface area contributed by atoms with Crippen molar-refractivity contribution in [1.82, 2.24) is 4.98 Å². The second-order valence-corrected chi connectivity index (χ2v) is 5.12. The highest BCUT2D eigenvalue weighted by Gasteiger charge is 2.05. The van der Waals surface area contributed by atoms with Gasteiger partial charge in [-0.15, -0.1) is 11.8 Å². The molecule has 0 aliphatic carbocycles. The molecule has 1 heterocycles. The molecule has 1 rings (SSSR count).